The number of ether oxygens (including phenoxy) is 1. The highest BCUT2D eigenvalue weighted by atomic mass is 16.5. The van der Waals surface area contributed by atoms with Gasteiger partial charge in [0, 0.05) is 6.61 Å². The van der Waals surface area contributed by atoms with Crippen molar-refractivity contribution in [1.82, 2.24) is 0 Å². The van der Waals surface area contributed by atoms with Crippen LogP contribution in [0.1, 0.15) is 26.7 Å². The number of rotatable bonds is 7. The van der Waals surface area contributed by atoms with Crippen molar-refractivity contribution >= 4 is 5.97 Å². The summed E-state index contributed by atoms with van der Waals surface area (Å²) in [5, 5.41) is 17.3. The van der Waals surface area contributed by atoms with Gasteiger partial charge < -0.3 is 14.9 Å². The molecule has 0 bridgehead atoms. The molecule has 4 heteroatoms. The number of carboxylic acid groups (broad SMARTS) is 1. The van der Waals surface area contributed by atoms with Crippen molar-refractivity contribution in [2.75, 3.05) is 19.8 Å². The van der Waals surface area contributed by atoms with E-state index < -0.39 is 11.4 Å². The molecule has 0 spiro atoms. The zero-order valence-corrected chi connectivity index (χ0v) is 8.25. The minimum absolute atomic E-state index is 0.0179. The molecule has 0 aromatic rings. The van der Waals surface area contributed by atoms with Gasteiger partial charge in [-0.05, 0) is 19.8 Å². The molecule has 0 aromatic carbocycles. The van der Waals surface area contributed by atoms with Gasteiger partial charge in [0.15, 0.2) is 0 Å². The van der Waals surface area contributed by atoms with Crippen LogP contribution >= 0.6 is 0 Å². The monoisotopic (exact) mass is 190 g/mol. The fraction of sp³-hybridized carbons (Fsp3) is 0.889. The first-order chi connectivity index (χ1) is 6.06. The maximum absolute atomic E-state index is 10.8. The number of hydrogen-bond donors (Lipinski definition) is 2. The summed E-state index contributed by atoms with van der Waals surface area (Å²) in [6, 6.07) is 0. The molecule has 0 saturated heterocycles. The van der Waals surface area contributed by atoms with Gasteiger partial charge in [0.1, 0.15) is 0 Å². The highest BCUT2D eigenvalue weighted by molar-refractivity contribution is 5.73. The molecule has 1 atom stereocenters. The fourth-order valence-electron chi connectivity index (χ4n) is 0.899. The van der Waals surface area contributed by atoms with Crippen LogP contribution in [0.2, 0.25) is 0 Å². The summed E-state index contributed by atoms with van der Waals surface area (Å²) in [4.78, 5) is 10.8. The van der Waals surface area contributed by atoms with Crippen molar-refractivity contribution in [2.24, 2.45) is 5.41 Å². The average Bonchev–Trinajstić information content (AvgIpc) is 2.12. The molecule has 0 radical (unpaired) electrons. The number of carbonyl (C=O) groups is 1. The second-order valence-corrected chi connectivity index (χ2v) is 3.31. The minimum atomic E-state index is -0.789. The molecule has 78 valence electrons. The van der Waals surface area contributed by atoms with E-state index in [2.05, 4.69) is 0 Å². The lowest BCUT2D eigenvalue weighted by atomic mass is 9.84. The van der Waals surface area contributed by atoms with Crippen molar-refractivity contribution in [1.29, 1.82) is 0 Å². The third-order valence-electron chi connectivity index (χ3n) is 2.33. The zero-order valence-electron chi connectivity index (χ0n) is 8.25. The van der Waals surface area contributed by atoms with Crippen molar-refractivity contribution in [3.05, 3.63) is 0 Å². The summed E-state index contributed by atoms with van der Waals surface area (Å²) in [6.07, 6.45) is 1.07. The Hall–Kier alpha value is -0.610. The third-order valence-corrected chi connectivity index (χ3v) is 2.33. The van der Waals surface area contributed by atoms with E-state index in [4.69, 9.17) is 14.9 Å². The molecule has 1 unspecified atom stereocenters. The van der Waals surface area contributed by atoms with Crippen LogP contribution in [0.3, 0.4) is 0 Å². The number of carboxylic acids is 1. The van der Waals surface area contributed by atoms with Gasteiger partial charge in [0.05, 0.1) is 18.6 Å². The minimum Gasteiger partial charge on any atom is -0.481 e. The summed E-state index contributed by atoms with van der Waals surface area (Å²) in [5.41, 5.74) is -0.699. The highest BCUT2D eigenvalue weighted by Gasteiger charge is 2.30. The zero-order chi connectivity index (χ0) is 10.3. The van der Waals surface area contributed by atoms with Gasteiger partial charge in [-0.15, -0.1) is 0 Å². The van der Waals surface area contributed by atoms with Crippen molar-refractivity contribution in [3.63, 3.8) is 0 Å². The Labute approximate surface area is 78.5 Å². The Morgan fingerprint density at radius 3 is 2.46 bits per heavy atom. The van der Waals surface area contributed by atoms with Crippen molar-refractivity contribution in [2.45, 2.75) is 26.7 Å². The molecule has 0 aliphatic rings. The largest absolute Gasteiger partial charge is 0.481 e. The molecule has 0 saturated carbocycles. The standard InChI is InChI=1S/C9H18O4/c1-3-9(2,8(11)12)4-6-13-7-5-10/h10H,3-7H2,1-2H3,(H,11,12). The molecule has 0 fully saturated rings. The Morgan fingerprint density at radius 1 is 1.46 bits per heavy atom. The lowest BCUT2D eigenvalue weighted by molar-refractivity contribution is -0.149. The molecular formula is C9H18O4. The quantitative estimate of drug-likeness (QED) is 0.585. The predicted octanol–water partition coefficient (Wildman–Crippen LogP) is 0.886. The SMILES string of the molecule is CCC(C)(CCOCCO)C(=O)O. The van der Waals surface area contributed by atoms with E-state index in [1.165, 1.54) is 0 Å². The molecule has 4 nitrogen and oxygen atoms in total. The first-order valence-electron chi connectivity index (χ1n) is 4.49. The van der Waals surface area contributed by atoms with E-state index in [-0.39, 0.29) is 13.2 Å². The molecule has 13 heavy (non-hydrogen) atoms. The van der Waals surface area contributed by atoms with E-state index in [1.807, 2.05) is 6.92 Å². The van der Waals surface area contributed by atoms with Gasteiger partial charge in [-0.25, -0.2) is 0 Å². The molecule has 0 aliphatic heterocycles. The fourth-order valence-corrected chi connectivity index (χ4v) is 0.899. The van der Waals surface area contributed by atoms with Gasteiger partial charge in [-0.3, -0.25) is 4.79 Å². The third kappa shape index (κ3) is 4.24. The van der Waals surface area contributed by atoms with Crippen LogP contribution in [-0.2, 0) is 9.53 Å². The molecule has 0 aliphatic carbocycles. The van der Waals surface area contributed by atoms with E-state index in [9.17, 15) is 4.79 Å². The number of aliphatic carboxylic acids is 1. The summed E-state index contributed by atoms with van der Waals surface area (Å²) in [5.74, 6) is -0.789. The molecule has 2 N–H and O–H groups in total. The van der Waals surface area contributed by atoms with Crippen LogP contribution in [-0.4, -0.2) is 36.0 Å². The van der Waals surface area contributed by atoms with Gasteiger partial charge in [0.25, 0.3) is 0 Å². The van der Waals surface area contributed by atoms with Crippen LogP contribution in [0.15, 0.2) is 0 Å². The van der Waals surface area contributed by atoms with E-state index in [1.54, 1.807) is 6.92 Å². The van der Waals surface area contributed by atoms with Crippen molar-refractivity contribution in [3.8, 4) is 0 Å². The van der Waals surface area contributed by atoms with E-state index in [0.29, 0.717) is 19.4 Å². The molecular weight excluding hydrogens is 172 g/mol. The Kier molecular flexibility index (Phi) is 5.66. The van der Waals surface area contributed by atoms with Crippen LogP contribution in [0.5, 0.6) is 0 Å². The highest BCUT2D eigenvalue weighted by Crippen LogP contribution is 2.25. The van der Waals surface area contributed by atoms with Crippen LogP contribution in [0, 0.1) is 5.41 Å². The molecule has 0 amide bonds. The Balaban J connectivity index is 3.78. The van der Waals surface area contributed by atoms with E-state index in [0.717, 1.165) is 0 Å². The van der Waals surface area contributed by atoms with Gasteiger partial charge >= 0.3 is 5.97 Å². The second kappa shape index (κ2) is 5.94. The summed E-state index contributed by atoms with van der Waals surface area (Å²) in [6.45, 7) is 4.20. The lowest BCUT2D eigenvalue weighted by Gasteiger charge is -2.22. The number of aliphatic hydroxyl groups excluding tert-OH is 1. The number of aliphatic hydroxyl groups is 1. The van der Waals surface area contributed by atoms with Crippen LogP contribution in [0.25, 0.3) is 0 Å². The summed E-state index contributed by atoms with van der Waals surface area (Å²) >= 11 is 0. The average molecular weight is 190 g/mol. The lowest BCUT2D eigenvalue weighted by Crippen LogP contribution is -2.28. The molecule has 0 rings (SSSR count). The normalized spacial score (nSPS) is 15.3. The summed E-state index contributed by atoms with van der Waals surface area (Å²) in [7, 11) is 0. The Bertz CT molecular complexity index is 158. The maximum Gasteiger partial charge on any atom is 0.309 e. The molecule has 0 aromatic heterocycles. The topological polar surface area (TPSA) is 66.8 Å². The Morgan fingerprint density at radius 2 is 2.08 bits per heavy atom. The second-order valence-electron chi connectivity index (χ2n) is 3.31. The van der Waals surface area contributed by atoms with Gasteiger partial charge in [0.2, 0.25) is 0 Å². The first kappa shape index (κ1) is 12.4. The van der Waals surface area contributed by atoms with E-state index >= 15 is 0 Å². The van der Waals surface area contributed by atoms with Gasteiger partial charge in [-0.1, -0.05) is 6.92 Å². The van der Waals surface area contributed by atoms with Crippen LogP contribution < -0.4 is 0 Å². The first-order valence-corrected chi connectivity index (χ1v) is 4.49. The number of hydrogen-bond acceptors (Lipinski definition) is 3. The van der Waals surface area contributed by atoms with Crippen LogP contribution in [0.4, 0.5) is 0 Å². The predicted molar refractivity (Wildman–Crippen MR) is 48.6 cm³/mol. The maximum atomic E-state index is 10.8. The van der Waals surface area contributed by atoms with Gasteiger partial charge in [-0.2, -0.15) is 0 Å². The summed E-state index contributed by atoms with van der Waals surface area (Å²) < 4.78 is 5.02. The van der Waals surface area contributed by atoms with Crippen molar-refractivity contribution < 1.29 is 19.7 Å². The smallest absolute Gasteiger partial charge is 0.309 e. The molecule has 0 heterocycles.